The molecule has 106 valence electrons. The molecule has 5 nitrogen and oxygen atoms in total. The van der Waals surface area contributed by atoms with E-state index in [2.05, 4.69) is 20.3 Å². The molecular formula is C13H15Cl2N5. The number of nitrogens with one attached hydrogen (secondary N) is 1. The minimum absolute atomic E-state index is 0.0285. The van der Waals surface area contributed by atoms with Crippen molar-refractivity contribution in [2.75, 3.05) is 24.3 Å². The molecule has 0 aliphatic rings. The molecule has 0 aliphatic heterocycles. The Bertz CT molecular complexity index is 586. The van der Waals surface area contributed by atoms with Gasteiger partial charge in [0.25, 0.3) is 0 Å². The Balaban J connectivity index is 2.18. The molecule has 0 spiro atoms. The van der Waals surface area contributed by atoms with Crippen LogP contribution in [0, 0.1) is 0 Å². The number of benzene rings is 1. The van der Waals surface area contributed by atoms with E-state index in [1.807, 2.05) is 45.3 Å². The lowest BCUT2D eigenvalue weighted by atomic mass is 10.1. The zero-order valence-electron chi connectivity index (χ0n) is 11.4. The maximum absolute atomic E-state index is 5.90. The molecule has 20 heavy (non-hydrogen) atoms. The summed E-state index contributed by atoms with van der Waals surface area (Å²) in [5, 5.41) is 4.07. The third-order valence-electron chi connectivity index (χ3n) is 2.71. The number of hydrogen-bond acceptors (Lipinski definition) is 5. The first-order chi connectivity index (χ1) is 9.45. The summed E-state index contributed by atoms with van der Waals surface area (Å²) in [5.41, 5.74) is 1.08. The molecule has 1 atom stereocenters. The number of halogens is 2. The molecule has 1 heterocycles. The lowest BCUT2D eigenvalue weighted by Crippen LogP contribution is -2.16. The van der Waals surface area contributed by atoms with E-state index in [0.717, 1.165) is 5.56 Å². The van der Waals surface area contributed by atoms with Gasteiger partial charge in [-0.1, -0.05) is 23.7 Å². The fourth-order valence-electron chi connectivity index (χ4n) is 1.63. The van der Waals surface area contributed by atoms with Crippen molar-refractivity contribution < 1.29 is 0 Å². The molecule has 7 heteroatoms. The molecule has 1 aromatic carbocycles. The summed E-state index contributed by atoms with van der Waals surface area (Å²) >= 11 is 11.8. The van der Waals surface area contributed by atoms with Crippen LogP contribution < -0.4 is 10.2 Å². The quantitative estimate of drug-likeness (QED) is 0.937. The van der Waals surface area contributed by atoms with E-state index in [9.17, 15) is 0 Å². The monoisotopic (exact) mass is 311 g/mol. The van der Waals surface area contributed by atoms with Crippen LogP contribution in [0.4, 0.5) is 11.9 Å². The first-order valence-corrected chi connectivity index (χ1v) is 6.82. The van der Waals surface area contributed by atoms with E-state index in [4.69, 9.17) is 23.2 Å². The van der Waals surface area contributed by atoms with Crippen molar-refractivity contribution in [1.29, 1.82) is 0 Å². The molecule has 0 amide bonds. The van der Waals surface area contributed by atoms with Crippen molar-refractivity contribution in [3.8, 4) is 0 Å². The molecule has 0 fully saturated rings. The van der Waals surface area contributed by atoms with E-state index in [1.165, 1.54) is 0 Å². The second-order valence-corrected chi connectivity index (χ2v) is 5.31. The second-order valence-electron chi connectivity index (χ2n) is 4.54. The lowest BCUT2D eigenvalue weighted by Gasteiger charge is -2.16. The molecule has 1 N–H and O–H groups in total. The molecule has 2 rings (SSSR count). The Morgan fingerprint density at radius 3 is 2.30 bits per heavy atom. The minimum atomic E-state index is 0.0285. The summed E-state index contributed by atoms with van der Waals surface area (Å²) in [6.07, 6.45) is 0. The van der Waals surface area contributed by atoms with Crippen LogP contribution in [0.15, 0.2) is 24.3 Å². The largest absolute Gasteiger partial charge is 0.348 e. The van der Waals surface area contributed by atoms with Gasteiger partial charge in [0.05, 0.1) is 6.04 Å². The average Bonchev–Trinajstić information content (AvgIpc) is 2.38. The number of anilines is 2. The molecule has 1 aromatic heterocycles. The van der Waals surface area contributed by atoms with E-state index in [-0.39, 0.29) is 11.3 Å². The van der Waals surface area contributed by atoms with Gasteiger partial charge in [-0.2, -0.15) is 15.0 Å². The van der Waals surface area contributed by atoms with Crippen LogP contribution >= 0.6 is 23.2 Å². The van der Waals surface area contributed by atoms with Crippen molar-refractivity contribution in [2.45, 2.75) is 13.0 Å². The minimum Gasteiger partial charge on any atom is -0.348 e. The van der Waals surface area contributed by atoms with Gasteiger partial charge in [-0.05, 0) is 36.2 Å². The summed E-state index contributed by atoms with van der Waals surface area (Å²) in [4.78, 5) is 14.2. The average molecular weight is 312 g/mol. The summed E-state index contributed by atoms with van der Waals surface area (Å²) in [6.45, 7) is 2.01. The van der Waals surface area contributed by atoms with Crippen LogP contribution in [-0.4, -0.2) is 29.0 Å². The second kappa shape index (κ2) is 6.24. The first kappa shape index (κ1) is 14.8. The normalized spacial score (nSPS) is 12.1. The van der Waals surface area contributed by atoms with Crippen LogP contribution in [0.2, 0.25) is 10.3 Å². The van der Waals surface area contributed by atoms with Gasteiger partial charge in [0.15, 0.2) is 0 Å². The van der Waals surface area contributed by atoms with E-state index < -0.39 is 0 Å². The highest BCUT2D eigenvalue weighted by atomic mass is 35.5. The summed E-state index contributed by atoms with van der Waals surface area (Å²) in [6, 6.07) is 7.63. The standard InChI is InChI=1S/C13H15Cl2N5/c1-8(9-4-6-10(14)7-5-9)16-12-17-11(15)18-13(19-12)20(2)3/h4-8H,1-3H3,(H,16,17,18,19). The van der Waals surface area contributed by atoms with Gasteiger partial charge in [-0.3, -0.25) is 0 Å². The van der Waals surface area contributed by atoms with E-state index >= 15 is 0 Å². The van der Waals surface area contributed by atoms with Gasteiger partial charge in [-0.15, -0.1) is 0 Å². The molecular weight excluding hydrogens is 297 g/mol. The van der Waals surface area contributed by atoms with Crippen LogP contribution in [0.3, 0.4) is 0 Å². The zero-order valence-corrected chi connectivity index (χ0v) is 12.9. The Morgan fingerprint density at radius 2 is 1.70 bits per heavy atom. The molecule has 2 aromatic rings. The van der Waals surface area contributed by atoms with Gasteiger partial charge in [0.1, 0.15) is 0 Å². The SMILES string of the molecule is CC(Nc1nc(Cl)nc(N(C)C)n1)c1ccc(Cl)cc1. The Morgan fingerprint density at radius 1 is 1.05 bits per heavy atom. The van der Waals surface area contributed by atoms with Crippen molar-refractivity contribution in [3.63, 3.8) is 0 Å². The lowest BCUT2D eigenvalue weighted by molar-refractivity contribution is 0.847. The molecule has 0 radical (unpaired) electrons. The molecule has 0 aliphatic carbocycles. The Labute approximate surface area is 128 Å². The van der Waals surface area contributed by atoms with Crippen LogP contribution in [0.1, 0.15) is 18.5 Å². The highest BCUT2D eigenvalue weighted by molar-refractivity contribution is 6.30. The van der Waals surface area contributed by atoms with Crippen molar-refractivity contribution in [3.05, 3.63) is 40.1 Å². The van der Waals surface area contributed by atoms with Gasteiger partial charge >= 0.3 is 0 Å². The first-order valence-electron chi connectivity index (χ1n) is 6.06. The summed E-state index contributed by atoms with van der Waals surface area (Å²) < 4.78 is 0. The number of hydrogen-bond donors (Lipinski definition) is 1. The van der Waals surface area contributed by atoms with Gasteiger partial charge in [0.2, 0.25) is 17.2 Å². The fraction of sp³-hybridized carbons (Fsp3) is 0.308. The van der Waals surface area contributed by atoms with Crippen molar-refractivity contribution in [2.24, 2.45) is 0 Å². The highest BCUT2D eigenvalue weighted by Gasteiger charge is 2.10. The van der Waals surface area contributed by atoms with Gasteiger partial charge in [0, 0.05) is 19.1 Å². The number of rotatable bonds is 4. The van der Waals surface area contributed by atoms with Crippen LogP contribution in [0.5, 0.6) is 0 Å². The fourth-order valence-corrected chi connectivity index (χ4v) is 1.91. The topological polar surface area (TPSA) is 53.9 Å². The third-order valence-corrected chi connectivity index (χ3v) is 3.13. The molecule has 1 unspecified atom stereocenters. The maximum atomic E-state index is 5.90. The molecule has 0 saturated carbocycles. The Kier molecular flexibility index (Phi) is 4.62. The van der Waals surface area contributed by atoms with Crippen molar-refractivity contribution >= 4 is 35.1 Å². The van der Waals surface area contributed by atoms with Crippen LogP contribution in [0.25, 0.3) is 0 Å². The summed E-state index contributed by atoms with van der Waals surface area (Å²) in [5.74, 6) is 0.951. The Hall–Kier alpha value is -1.59. The smallest absolute Gasteiger partial charge is 0.230 e. The highest BCUT2D eigenvalue weighted by Crippen LogP contribution is 2.20. The van der Waals surface area contributed by atoms with Crippen molar-refractivity contribution in [1.82, 2.24) is 15.0 Å². The molecule has 0 saturated heterocycles. The molecule has 0 bridgehead atoms. The predicted octanol–water partition coefficient (Wildman–Crippen LogP) is 3.42. The third kappa shape index (κ3) is 3.71. The van der Waals surface area contributed by atoms with Crippen LogP contribution in [-0.2, 0) is 0 Å². The predicted molar refractivity (Wildman–Crippen MR) is 82.7 cm³/mol. The zero-order chi connectivity index (χ0) is 14.7. The van der Waals surface area contributed by atoms with Gasteiger partial charge < -0.3 is 10.2 Å². The van der Waals surface area contributed by atoms with Gasteiger partial charge in [-0.25, -0.2) is 0 Å². The number of aromatic nitrogens is 3. The summed E-state index contributed by atoms with van der Waals surface area (Å²) in [7, 11) is 3.69. The maximum Gasteiger partial charge on any atom is 0.230 e. The van der Waals surface area contributed by atoms with E-state index in [0.29, 0.717) is 16.9 Å². The number of nitrogens with zero attached hydrogens (tertiary/aromatic N) is 4. The van der Waals surface area contributed by atoms with E-state index in [1.54, 1.807) is 4.90 Å².